The molecule has 0 bridgehead atoms. The fourth-order valence-corrected chi connectivity index (χ4v) is 20.2. The quantitative estimate of drug-likeness (QED) is 0.209. The van der Waals surface area contributed by atoms with E-state index in [4.69, 9.17) is 4.74 Å². The summed E-state index contributed by atoms with van der Waals surface area (Å²) in [5, 5.41) is 0. The number of nitrogens with zero attached hydrogens (tertiary/aromatic N) is 1. The van der Waals surface area contributed by atoms with Gasteiger partial charge in [-0.3, -0.25) is 0 Å². The van der Waals surface area contributed by atoms with E-state index in [1.54, 1.807) is 14.1 Å². The number of carbonyl (C=O) groups excluding carboxylic acids is 1. The Hall–Kier alpha value is -0.191. The van der Waals surface area contributed by atoms with Crippen LogP contribution in [0.5, 0.6) is 0 Å². The molecule has 3 nitrogen and oxygen atoms in total. The first-order chi connectivity index (χ1) is 11.8. The van der Waals surface area contributed by atoms with Gasteiger partial charge in [0.15, 0.2) is 0 Å². The van der Waals surface area contributed by atoms with E-state index in [-0.39, 0.29) is 12.2 Å². The Morgan fingerprint density at radius 1 is 1.00 bits per heavy atom. The van der Waals surface area contributed by atoms with E-state index in [9.17, 15) is 4.79 Å². The maximum atomic E-state index is 11.7. The predicted octanol–water partition coefficient (Wildman–Crippen LogP) is 6.87. The van der Waals surface area contributed by atoms with Crippen molar-refractivity contribution in [3.63, 3.8) is 0 Å². The number of hydrogen-bond donors (Lipinski definition) is 0. The Balaban J connectivity index is 4.87. The van der Waals surface area contributed by atoms with Crippen LogP contribution < -0.4 is 0 Å². The summed E-state index contributed by atoms with van der Waals surface area (Å²) in [6, 6.07) is 0. The molecule has 0 aromatic carbocycles. The molecule has 0 saturated heterocycles. The summed E-state index contributed by atoms with van der Waals surface area (Å²) in [6.07, 6.45) is 8.59. The van der Waals surface area contributed by atoms with Crippen LogP contribution in [0.2, 0.25) is 17.7 Å². The molecule has 1 atom stereocenters. The van der Waals surface area contributed by atoms with Gasteiger partial charge in [-0.25, -0.2) is 0 Å². The van der Waals surface area contributed by atoms with E-state index in [1.807, 2.05) is 6.92 Å². The third kappa shape index (κ3) is 11.2. The van der Waals surface area contributed by atoms with E-state index in [0.29, 0.717) is 0 Å². The molecule has 0 aliphatic rings. The monoisotopic (exact) mass is 461 g/mol. The minimum absolute atomic E-state index is 0.0742. The summed E-state index contributed by atoms with van der Waals surface area (Å²) in [5.41, 5.74) is 1.33. The fraction of sp³-hybridized carbons (Fsp3) is 0.857. The molecule has 4 heteroatoms. The topological polar surface area (TPSA) is 29.5 Å². The second-order valence-electron chi connectivity index (χ2n) is 8.03. The van der Waals surface area contributed by atoms with Crippen molar-refractivity contribution in [3.8, 4) is 0 Å². The van der Waals surface area contributed by atoms with Gasteiger partial charge in [-0.15, -0.1) is 0 Å². The van der Waals surface area contributed by atoms with E-state index in [2.05, 4.69) is 27.4 Å². The molecule has 0 heterocycles. The van der Waals surface area contributed by atoms with Gasteiger partial charge in [-0.1, -0.05) is 0 Å². The zero-order valence-electron chi connectivity index (χ0n) is 17.8. The Morgan fingerprint density at radius 3 is 1.80 bits per heavy atom. The van der Waals surface area contributed by atoms with Crippen LogP contribution in [0.4, 0.5) is 4.79 Å². The average molecular weight is 460 g/mol. The van der Waals surface area contributed by atoms with Gasteiger partial charge in [-0.2, -0.15) is 0 Å². The third-order valence-corrected chi connectivity index (χ3v) is 20.7. The number of rotatable bonds is 14. The van der Waals surface area contributed by atoms with Crippen LogP contribution in [0, 0.1) is 0 Å². The molecular weight excluding hydrogens is 417 g/mol. The van der Waals surface area contributed by atoms with Gasteiger partial charge in [0, 0.05) is 0 Å². The predicted molar refractivity (Wildman–Crippen MR) is 113 cm³/mol. The Kier molecular flexibility index (Phi) is 13.8. The molecule has 0 saturated carbocycles. The van der Waals surface area contributed by atoms with Crippen molar-refractivity contribution in [3.05, 3.63) is 12.2 Å². The molecule has 0 aliphatic carbocycles. The van der Waals surface area contributed by atoms with Crippen molar-refractivity contribution >= 4 is 24.5 Å². The molecular formula is C21H43NO2Sn. The Morgan fingerprint density at radius 2 is 1.44 bits per heavy atom. The van der Waals surface area contributed by atoms with Crippen molar-refractivity contribution in [1.29, 1.82) is 0 Å². The van der Waals surface area contributed by atoms with Gasteiger partial charge < -0.3 is 0 Å². The van der Waals surface area contributed by atoms with E-state index < -0.39 is 18.4 Å². The Bertz CT molecular complexity index is 360. The molecule has 0 rings (SSSR count). The van der Waals surface area contributed by atoms with E-state index >= 15 is 0 Å². The van der Waals surface area contributed by atoms with Crippen LogP contribution >= 0.6 is 0 Å². The molecule has 0 spiro atoms. The first-order valence-corrected chi connectivity index (χ1v) is 18.4. The van der Waals surface area contributed by atoms with Gasteiger partial charge in [-0.05, 0) is 0 Å². The molecule has 0 N–H and O–H groups in total. The van der Waals surface area contributed by atoms with E-state index in [1.165, 1.54) is 66.7 Å². The van der Waals surface area contributed by atoms with Crippen molar-refractivity contribution in [2.45, 2.75) is 96.5 Å². The number of hydrogen-bond acceptors (Lipinski definition) is 2. The SMILES string of the molecule is C=C(C[C@H](C)OC(=O)N(C)C)[CH2][Sn]([CH2]CCC)([CH2]CCC)[CH2]CCC. The molecule has 0 aliphatic heterocycles. The summed E-state index contributed by atoms with van der Waals surface area (Å²) in [6.45, 7) is 13.3. The third-order valence-electron chi connectivity index (χ3n) is 5.05. The van der Waals surface area contributed by atoms with Crippen molar-refractivity contribution in [2.75, 3.05) is 14.1 Å². The van der Waals surface area contributed by atoms with Gasteiger partial charge in [0.2, 0.25) is 0 Å². The van der Waals surface area contributed by atoms with Crippen LogP contribution in [0.15, 0.2) is 12.2 Å². The molecule has 0 aromatic heterocycles. The normalized spacial score (nSPS) is 12.7. The van der Waals surface area contributed by atoms with Crippen molar-refractivity contribution in [1.82, 2.24) is 4.90 Å². The van der Waals surface area contributed by atoms with Gasteiger partial charge in [0.05, 0.1) is 0 Å². The maximum absolute atomic E-state index is 11.7. The zero-order valence-corrected chi connectivity index (χ0v) is 20.7. The van der Waals surface area contributed by atoms with E-state index in [0.717, 1.165) is 6.42 Å². The summed E-state index contributed by atoms with van der Waals surface area (Å²) in [7, 11) is 3.46. The Labute approximate surface area is 161 Å². The molecule has 0 radical (unpaired) electrons. The fourth-order valence-electron chi connectivity index (χ4n) is 3.62. The van der Waals surface area contributed by atoms with Crippen LogP contribution in [0.1, 0.15) is 72.6 Å². The molecule has 1 amide bonds. The summed E-state index contributed by atoms with van der Waals surface area (Å²) in [4.78, 5) is 13.2. The van der Waals surface area contributed by atoms with Gasteiger partial charge >= 0.3 is 162 Å². The second-order valence-corrected chi connectivity index (χ2v) is 21.9. The minimum atomic E-state index is -2.17. The summed E-state index contributed by atoms with van der Waals surface area (Å²) >= 11 is -2.17. The van der Waals surface area contributed by atoms with Crippen LogP contribution in [-0.2, 0) is 4.74 Å². The first kappa shape index (κ1) is 24.8. The van der Waals surface area contributed by atoms with Crippen molar-refractivity contribution in [2.24, 2.45) is 0 Å². The van der Waals surface area contributed by atoms with Gasteiger partial charge in [0.25, 0.3) is 0 Å². The van der Waals surface area contributed by atoms with Crippen molar-refractivity contribution < 1.29 is 9.53 Å². The number of amides is 1. The van der Waals surface area contributed by atoms with Crippen LogP contribution in [0.3, 0.4) is 0 Å². The number of ether oxygens (including phenoxy) is 1. The van der Waals surface area contributed by atoms with Gasteiger partial charge in [0.1, 0.15) is 0 Å². The van der Waals surface area contributed by atoms with Crippen LogP contribution in [0.25, 0.3) is 0 Å². The first-order valence-electron chi connectivity index (χ1n) is 10.3. The zero-order chi connectivity index (χ0) is 19.3. The molecule has 0 aromatic rings. The van der Waals surface area contributed by atoms with Crippen LogP contribution in [-0.4, -0.2) is 49.6 Å². The standard InChI is InChI=1S/C9H16NO2.3C4H9.Sn/c1-7(2)6-8(3)12-9(11)10(4)5;3*1-3-4-2;/h8H,1-2,6H2,3-5H3;3*1,3-4H2,2H3;/t8-;;;;/m0..../s1. The summed E-state index contributed by atoms with van der Waals surface area (Å²) < 4.78 is 11.3. The molecule has 0 unspecified atom stereocenters. The average Bonchev–Trinajstić information content (AvgIpc) is 2.55. The molecule has 0 fully saturated rings. The number of unbranched alkanes of at least 4 members (excludes halogenated alkanes) is 3. The summed E-state index contributed by atoms with van der Waals surface area (Å²) in [5.74, 6) is 0. The second kappa shape index (κ2) is 13.9. The molecule has 148 valence electrons. The number of carbonyl (C=O) groups is 1. The molecule has 25 heavy (non-hydrogen) atoms.